The second-order valence-corrected chi connectivity index (χ2v) is 5.94. The second kappa shape index (κ2) is 7.92. The van der Waals surface area contributed by atoms with Crippen molar-refractivity contribution in [3.8, 4) is 11.4 Å². The maximum atomic E-state index is 13.0. The molecule has 0 aliphatic carbocycles. The number of hydrogen-bond donors (Lipinski definition) is 1. The Hall–Kier alpha value is -3.32. The fourth-order valence-corrected chi connectivity index (χ4v) is 2.58. The number of nitrogens with zero attached hydrogens (tertiary/aromatic N) is 2. The van der Waals surface area contributed by atoms with Crippen LogP contribution in [0, 0.1) is 0 Å². The van der Waals surface area contributed by atoms with Gasteiger partial charge in [0.25, 0.3) is 5.56 Å². The van der Waals surface area contributed by atoms with Crippen LogP contribution >= 0.6 is 11.6 Å². The number of anilines is 2. The molecule has 0 bridgehead atoms. The van der Waals surface area contributed by atoms with Gasteiger partial charge in [-0.3, -0.25) is 4.79 Å². The van der Waals surface area contributed by atoms with Crippen LogP contribution < -0.4 is 20.7 Å². The number of nitrogens with one attached hydrogen (secondary N) is 1. The third-order valence-electron chi connectivity index (χ3n) is 3.68. The van der Waals surface area contributed by atoms with Crippen LogP contribution in [0.25, 0.3) is 5.69 Å². The second-order valence-electron chi connectivity index (χ2n) is 5.50. The molecule has 7 nitrogen and oxygen atoms in total. The molecule has 0 aliphatic heterocycles. The fourth-order valence-electron chi connectivity index (χ4n) is 2.45. The highest BCUT2D eigenvalue weighted by Gasteiger charge is 2.14. The van der Waals surface area contributed by atoms with E-state index in [1.165, 1.54) is 23.0 Å². The molecule has 1 aromatic heterocycles. The Kier molecular flexibility index (Phi) is 5.42. The van der Waals surface area contributed by atoms with E-state index >= 15 is 0 Å². The molecule has 138 valence electrons. The van der Waals surface area contributed by atoms with Gasteiger partial charge in [-0.15, -0.1) is 0 Å². The molecule has 0 spiro atoms. The van der Waals surface area contributed by atoms with Gasteiger partial charge >= 0.3 is 0 Å². The minimum absolute atomic E-state index is 0.00922. The highest BCUT2D eigenvalue weighted by molar-refractivity contribution is 6.30. The normalized spacial score (nSPS) is 10.4. The SMILES string of the molecule is CCOc1cnn(-c2ccc(Cl)cc2)c(=O)c1Nc1cccc(C(=O)[O-])c1. The Morgan fingerprint density at radius 1 is 1.26 bits per heavy atom. The first-order valence-electron chi connectivity index (χ1n) is 8.09. The average Bonchev–Trinajstić information content (AvgIpc) is 2.66. The summed E-state index contributed by atoms with van der Waals surface area (Å²) in [6, 6.07) is 12.6. The third-order valence-corrected chi connectivity index (χ3v) is 3.93. The van der Waals surface area contributed by atoms with Gasteiger partial charge in [0.15, 0.2) is 11.4 Å². The number of carbonyl (C=O) groups is 1. The zero-order valence-corrected chi connectivity index (χ0v) is 15.1. The molecule has 0 saturated heterocycles. The molecular weight excluding hydrogens is 370 g/mol. The summed E-state index contributed by atoms with van der Waals surface area (Å²) in [6.45, 7) is 2.12. The predicted molar refractivity (Wildman–Crippen MR) is 100 cm³/mol. The van der Waals surface area contributed by atoms with Gasteiger partial charge in [-0.2, -0.15) is 9.78 Å². The largest absolute Gasteiger partial charge is 0.545 e. The molecule has 0 unspecified atom stereocenters. The van der Waals surface area contributed by atoms with E-state index in [1.807, 2.05) is 0 Å². The Labute approximate surface area is 159 Å². The van der Waals surface area contributed by atoms with Crippen molar-refractivity contribution in [2.75, 3.05) is 11.9 Å². The zero-order valence-electron chi connectivity index (χ0n) is 14.3. The molecule has 0 aliphatic rings. The lowest BCUT2D eigenvalue weighted by atomic mass is 10.2. The zero-order chi connectivity index (χ0) is 19.4. The Balaban J connectivity index is 2.08. The maximum absolute atomic E-state index is 13.0. The Morgan fingerprint density at radius 2 is 2.00 bits per heavy atom. The van der Waals surface area contributed by atoms with Crippen molar-refractivity contribution in [1.82, 2.24) is 9.78 Å². The Morgan fingerprint density at radius 3 is 2.67 bits per heavy atom. The quantitative estimate of drug-likeness (QED) is 0.701. The highest BCUT2D eigenvalue weighted by atomic mass is 35.5. The standard InChI is InChI=1S/C19H16ClN3O4/c1-2-27-16-11-21-23(15-8-6-13(20)7-9-15)18(24)17(16)22-14-5-3-4-12(10-14)19(25)26/h3-11,22H,2H2,1H3,(H,25,26)/p-1. The van der Waals surface area contributed by atoms with E-state index in [0.29, 0.717) is 23.0 Å². The van der Waals surface area contributed by atoms with E-state index in [1.54, 1.807) is 43.3 Å². The number of ether oxygens (including phenoxy) is 1. The lowest BCUT2D eigenvalue weighted by molar-refractivity contribution is -0.255. The molecule has 0 saturated carbocycles. The van der Waals surface area contributed by atoms with E-state index in [4.69, 9.17) is 16.3 Å². The molecule has 0 fully saturated rings. The minimum Gasteiger partial charge on any atom is -0.545 e. The number of rotatable bonds is 6. The van der Waals surface area contributed by atoms with E-state index < -0.39 is 11.5 Å². The van der Waals surface area contributed by atoms with Crippen molar-refractivity contribution in [2.45, 2.75) is 6.92 Å². The number of carboxylic acid groups (broad SMARTS) is 1. The summed E-state index contributed by atoms with van der Waals surface area (Å²) < 4.78 is 6.69. The third kappa shape index (κ3) is 4.09. The van der Waals surface area contributed by atoms with Gasteiger partial charge in [0, 0.05) is 10.7 Å². The van der Waals surface area contributed by atoms with Crippen LogP contribution in [-0.2, 0) is 0 Å². The van der Waals surface area contributed by atoms with Crippen molar-refractivity contribution in [2.24, 2.45) is 0 Å². The number of carboxylic acids is 1. The van der Waals surface area contributed by atoms with E-state index in [2.05, 4.69) is 10.4 Å². The van der Waals surface area contributed by atoms with Crippen LogP contribution in [0.15, 0.2) is 59.5 Å². The summed E-state index contributed by atoms with van der Waals surface area (Å²) in [5.74, 6) is -1.05. The molecule has 2 aromatic carbocycles. The van der Waals surface area contributed by atoms with Crippen molar-refractivity contribution in [1.29, 1.82) is 0 Å². The summed E-state index contributed by atoms with van der Waals surface area (Å²) in [7, 11) is 0. The summed E-state index contributed by atoms with van der Waals surface area (Å²) >= 11 is 5.89. The van der Waals surface area contributed by atoms with Crippen LogP contribution in [0.3, 0.4) is 0 Å². The summed E-state index contributed by atoms with van der Waals surface area (Å²) in [4.78, 5) is 24.0. The average molecular weight is 385 g/mol. The molecular formula is C19H15ClN3O4-. The smallest absolute Gasteiger partial charge is 0.299 e. The number of carbonyl (C=O) groups excluding carboxylic acids is 1. The van der Waals surface area contributed by atoms with Gasteiger partial charge < -0.3 is 20.0 Å². The summed E-state index contributed by atoms with van der Waals surface area (Å²) in [6.07, 6.45) is 1.42. The lowest BCUT2D eigenvalue weighted by Gasteiger charge is -2.14. The molecule has 0 radical (unpaired) electrons. The molecule has 0 atom stereocenters. The van der Waals surface area contributed by atoms with Gasteiger partial charge in [0.2, 0.25) is 0 Å². The van der Waals surface area contributed by atoms with Gasteiger partial charge in [-0.05, 0) is 48.9 Å². The van der Waals surface area contributed by atoms with Gasteiger partial charge in [0.1, 0.15) is 0 Å². The van der Waals surface area contributed by atoms with Crippen LogP contribution in [0.2, 0.25) is 5.02 Å². The molecule has 0 amide bonds. The summed E-state index contributed by atoms with van der Waals surface area (Å²) in [5, 5.41) is 18.7. The van der Waals surface area contributed by atoms with E-state index in [-0.39, 0.29) is 17.0 Å². The van der Waals surface area contributed by atoms with Crippen LogP contribution in [-0.4, -0.2) is 22.4 Å². The van der Waals surface area contributed by atoms with Crippen LogP contribution in [0.5, 0.6) is 5.75 Å². The number of hydrogen-bond acceptors (Lipinski definition) is 6. The molecule has 1 heterocycles. The minimum atomic E-state index is -1.31. The highest BCUT2D eigenvalue weighted by Crippen LogP contribution is 2.24. The van der Waals surface area contributed by atoms with Crippen molar-refractivity contribution >= 4 is 28.9 Å². The first kappa shape index (κ1) is 18.5. The van der Waals surface area contributed by atoms with Gasteiger partial charge in [-0.25, -0.2) is 0 Å². The number of benzene rings is 2. The van der Waals surface area contributed by atoms with Gasteiger partial charge in [-0.1, -0.05) is 23.7 Å². The van der Waals surface area contributed by atoms with Crippen molar-refractivity contribution in [3.05, 3.63) is 75.7 Å². The first-order chi connectivity index (χ1) is 13.0. The molecule has 1 N–H and O–H groups in total. The first-order valence-corrected chi connectivity index (χ1v) is 8.47. The summed E-state index contributed by atoms with van der Waals surface area (Å²) in [5.41, 5.74) is 0.604. The number of aromatic nitrogens is 2. The lowest BCUT2D eigenvalue weighted by Crippen LogP contribution is -2.24. The van der Waals surface area contributed by atoms with E-state index in [0.717, 1.165) is 0 Å². The van der Waals surface area contributed by atoms with Crippen molar-refractivity contribution in [3.63, 3.8) is 0 Å². The predicted octanol–water partition coefficient (Wildman–Crippen LogP) is 2.39. The fraction of sp³-hybridized carbons (Fsp3) is 0.105. The van der Waals surface area contributed by atoms with Crippen LogP contribution in [0.4, 0.5) is 11.4 Å². The van der Waals surface area contributed by atoms with E-state index in [9.17, 15) is 14.7 Å². The molecule has 3 aromatic rings. The molecule has 3 rings (SSSR count). The molecule has 8 heteroatoms. The number of halogens is 1. The molecule has 27 heavy (non-hydrogen) atoms. The van der Waals surface area contributed by atoms with Crippen LogP contribution in [0.1, 0.15) is 17.3 Å². The maximum Gasteiger partial charge on any atom is 0.299 e. The van der Waals surface area contributed by atoms with Crippen molar-refractivity contribution < 1.29 is 14.6 Å². The Bertz CT molecular complexity index is 1030. The number of aromatic carboxylic acids is 1. The monoisotopic (exact) mass is 384 g/mol. The topological polar surface area (TPSA) is 96.3 Å². The van der Waals surface area contributed by atoms with Gasteiger partial charge in [0.05, 0.1) is 24.5 Å².